The van der Waals surface area contributed by atoms with E-state index in [1.807, 2.05) is 0 Å². The van der Waals surface area contributed by atoms with E-state index in [-0.39, 0.29) is 0 Å². The second-order valence-electron chi connectivity index (χ2n) is 4.84. The summed E-state index contributed by atoms with van der Waals surface area (Å²) in [6.07, 6.45) is 9.10. The van der Waals surface area contributed by atoms with Crippen LogP contribution in [0.3, 0.4) is 0 Å². The third-order valence-corrected chi connectivity index (χ3v) is 3.52. The Balaban J connectivity index is 2.09. The Kier molecular flexibility index (Phi) is 2.10. The maximum Gasteiger partial charge on any atom is -0.00485 e. The summed E-state index contributed by atoms with van der Waals surface area (Å²) >= 11 is 0. The molecule has 0 N–H and O–H groups in total. The Morgan fingerprint density at radius 1 is 1.06 bits per heavy atom. The molecular weight excluding hydrogens is 192 g/mol. The van der Waals surface area contributed by atoms with Crippen molar-refractivity contribution < 1.29 is 0 Å². The molecule has 0 saturated carbocycles. The van der Waals surface area contributed by atoms with Crippen molar-refractivity contribution >= 4 is 5.57 Å². The first-order valence-electron chi connectivity index (χ1n) is 5.91. The van der Waals surface area contributed by atoms with Gasteiger partial charge in [0.1, 0.15) is 0 Å². The average Bonchev–Trinajstić information content (AvgIpc) is 2.50. The highest BCUT2D eigenvalue weighted by atomic mass is 14.2. The predicted octanol–water partition coefficient (Wildman–Crippen LogP) is 4.21. The molecule has 80 valence electrons. The third kappa shape index (κ3) is 1.46. The molecule has 0 nitrogen and oxygen atoms in total. The lowest BCUT2D eigenvalue weighted by Gasteiger charge is -2.02. The summed E-state index contributed by atoms with van der Waals surface area (Å²) in [5.41, 5.74) is 8.73. The van der Waals surface area contributed by atoms with Crippen LogP contribution in [0.5, 0.6) is 0 Å². The average molecular weight is 208 g/mol. The van der Waals surface area contributed by atoms with Gasteiger partial charge in [-0.15, -0.1) is 0 Å². The fourth-order valence-corrected chi connectivity index (χ4v) is 2.60. The van der Waals surface area contributed by atoms with E-state index in [1.165, 1.54) is 27.8 Å². The van der Waals surface area contributed by atoms with Crippen molar-refractivity contribution in [2.45, 2.75) is 26.7 Å². The lowest BCUT2D eigenvalue weighted by Crippen LogP contribution is -1.85. The molecule has 0 atom stereocenters. The molecule has 0 aromatic heterocycles. The fourth-order valence-electron chi connectivity index (χ4n) is 2.60. The lowest BCUT2D eigenvalue weighted by atomic mass is 10.0. The standard InChI is InChI=1S/C16H16/c1-11-3-6-13-10-14-9-12(2)5-8-16(14)15(13)7-4-11/h3-5,7-9H,6,10H2,1-2H3. The molecule has 0 unspecified atom stereocenters. The molecule has 0 heterocycles. The van der Waals surface area contributed by atoms with Crippen LogP contribution in [-0.4, -0.2) is 0 Å². The number of hydrogen-bond acceptors (Lipinski definition) is 0. The minimum Gasteiger partial charge on any atom is -0.0775 e. The SMILES string of the molecule is CC1=CCC2=C(C=C1)c1ccc(C)cc1C2. The van der Waals surface area contributed by atoms with Gasteiger partial charge in [-0.3, -0.25) is 0 Å². The van der Waals surface area contributed by atoms with E-state index in [1.54, 1.807) is 5.57 Å². The summed E-state index contributed by atoms with van der Waals surface area (Å²) in [4.78, 5) is 0. The van der Waals surface area contributed by atoms with Gasteiger partial charge in [-0.25, -0.2) is 0 Å². The van der Waals surface area contributed by atoms with Crippen LogP contribution in [0.2, 0.25) is 0 Å². The van der Waals surface area contributed by atoms with E-state index in [2.05, 4.69) is 50.3 Å². The van der Waals surface area contributed by atoms with Gasteiger partial charge < -0.3 is 0 Å². The molecule has 0 saturated heterocycles. The van der Waals surface area contributed by atoms with E-state index < -0.39 is 0 Å². The van der Waals surface area contributed by atoms with Gasteiger partial charge in [0.2, 0.25) is 0 Å². The molecule has 0 radical (unpaired) electrons. The maximum absolute atomic E-state index is 2.33. The second-order valence-corrected chi connectivity index (χ2v) is 4.84. The fraction of sp³-hybridized carbons (Fsp3) is 0.250. The van der Waals surface area contributed by atoms with Gasteiger partial charge >= 0.3 is 0 Å². The van der Waals surface area contributed by atoms with E-state index in [9.17, 15) is 0 Å². The Morgan fingerprint density at radius 3 is 2.81 bits per heavy atom. The number of hydrogen-bond donors (Lipinski definition) is 0. The molecular formula is C16H16. The van der Waals surface area contributed by atoms with Crippen LogP contribution in [0.4, 0.5) is 0 Å². The molecule has 2 aliphatic rings. The van der Waals surface area contributed by atoms with Crippen molar-refractivity contribution in [3.63, 3.8) is 0 Å². The van der Waals surface area contributed by atoms with Crippen LogP contribution >= 0.6 is 0 Å². The highest BCUT2D eigenvalue weighted by molar-refractivity contribution is 5.84. The van der Waals surface area contributed by atoms with Gasteiger partial charge in [-0.05, 0) is 43.4 Å². The van der Waals surface area contributed by atoms with E-state index in [0.29, 0.717) is 0 Å². The lowest BCUT2D eigenvalue weighted by molar-refractivity contribution is 1.10. The van der Waals surface area contributed by atoms with Crippen LogP contribution in [-0.2, 0) is 6.42 Å². The molecule has 0 heteroatoms. The second kappa shape index (κ2) is 3.48. The summed E-state index contributed by atoms with van der Waals surface area (Å²) in [5.74, 6) is 0. The van der Waals surface area contributed by atoms with Crippen molar-refractivity contribution in [1.29, 1.82) is 0 Å². The topological polar surface area (TPSA) is 0 Å². The number of aryl methyl sites for hydroxylation is 1. The molecule has 0 spiro atoms. The van der Waals surface area contributed by atoms with Crippen molar-refractivity contribution in [1.82, 2.24) is 0 Å². The zero-order valence-corrected chi connectivity index (χ0v) is 9.88. The monoisotopic (exact) mass is 208 g/mol. The van der Waals surface area contributed by atoms with E-state index in [4.69, 9.17) is 0 Å². The van der Waals surface area contributed by atoms with Crippen molar-refractivity contribution in [3.05, 3.63) is 64.3 Å². The minimum absolute atomic E-state index is 1.11. The van der Waals surface area contributed by atoms with E-state index >= 15 is 0 Å². The van der Waals surface area contributed by atoms with Crippen LogP contribution in [0.25, 0.3) is 5.57 Å². The number of rotatable bonds is 0. The van der Waals surface area contributed by atoms with Crippen LogP contribution in [0.15, 0.2) is 47.6 Å². The van der Waals surface area contributed by atoms with Crippen LogP contribution < -0.4 is 0 Å². The van der Waals surface area contributed by atoms with Crippen LogP contribution in [0, 0.1) is 6.92 Å². The molecule has 3 rings (SSSR count). The molecule has 0 aliphatic heterocycles. The highest BCUT2D eigenvalue weighted by Gasteiger charge is 2.19. The summed E-state index contributed by atoms with van der Waals surface area (Å²) in [7, 11) is 0. The minimum atomic E-state index is 1.11. The summed E-state index contributed by atoms with van der Waals surface area (Å²) in [5, 5.41) is 0. The smallest absolute Gasteiger partial charge is 0.00485 e. The quantitative estimate of drug-likeness (QED) is 0.599. The van der Waals surface area contributed by atoms with Gasteiger partial charge in [0, 0.05) is 0 Å². The third-order valence-electron chi connectivity index (χ3n) is 3.52. The highest BCUT2D eigenvalue weighted by Crippen LogP contribution is 2.37. The normalized spacial score (nSPS) is 18.0. The molecule has 16 heavy (non-hydrogen) atoms. The van der Waals surface area contributed by atoms with Crippen molar-refractivity contribution in [3.8, 4) is 0 Å². The molecule has 1 aromatic carbocycles. The van der Waals surface area contributed by atoms with Crippen molar-refractivity contribution in [2.24, 2.45) is 0 Å². The summed E-state index contributed by atoms with van der Waals surface area (Å²) in [6.45, 7) is 4.35. The van der Waals surface area contributed by atoms with Gasteiger partial charge in [-0.1, -0.05) is 53.1 Å². The Hall–Kier alpha value is -1.56. The first-order chi connectivity index (χ1) is 7.74. The van der Waals surface area contributed by atoms with Gasteiger partial charge in [0.05, 0.1) is 0 Å². The maximum atomic E-state index is 2.33. The zero-order chi connectivity index (χ0) is 11.1. The first kappa shape index (κ1) is 9.65. The summed E-state index contributed by atoms with van der Waals surface area (Å²) in [6, 6.07) is 6.82. The Bertz CT molecular complexity index is 539. The number of benzene rings is 1. The van der Waals surface area contributed by atoms with Gasteiger partial charge in [-0.2, -0.15) is 0 Å². The Labute approximate surface area is 97.0 Å². The van der Waals surface area contributed by atoms with Gasteiger partial charge in [0.15, 0.2) is 0 Å². The predicted molar refractivity (Wildman–Crippen MR) is 69.3 cm³/mol. The number of allylic oxidation sites excluding steroid dienone is 6. The Morgan fingerprint density at radius 2 is 1.94 bits per heavy atom. The number of fused-ring (bicyclic) bond motifs is 2. The molecule has 1 aromatic rings. The van der Waals surface area contributed by atoms with Crippen molar-refractivity contribution in [2.75, 3.05) is 0 Å². The summed E-state index contributed by atoms with van der Waals surface area (Å²) < 4.78 is 0. The largest absolute Gasteiger partial charge is 0.0775 e. The molecule has 2 aliphatic carbocycles. The molecule has 0 bridgehead atoms. The first-order valence-corrected chi connectivity index (χ1v) is 5.91. The zero-order valence-electron chi connectivity index (χ0n) is 9.88. The molecule has 0 fully saturated rings. The molecule has 0 amide bonds. The van der Waals surface area contributed by atoms with E-state index in [0.717, 1.165) is 12.8 Å². The van der Waals surface area contributed by atoms with Gasteiger partial charge in [0.25, 0.3) is 0 Å². The van der Waals surface area contributed by atoms with Crippen LogP contribution in [0.1, 0.15) is 30.0 Å².